The van der Waals surface area contributed by atoms with Crippen LogP contribution in [0.3, 0.4) is 0 Å². The number of hydrogen-bond acceptors (Lipinski definition) is 5. The summed E-state index contributed by atoms with van der Waals surface area (Å²) in [5.74, 6) is -0.284. The van der Waals surface area contributed by atoms with Crippen molar-refractivity contribution in [3.8, 4) is 0 Å². The molecule has 2 aromatic carbocycles. The first kappa shape index (κ1) is 22.4. The molecule has 29 heavy (non-hydrogen) atoms. The van der Waals surface area contributed by atoms with E-state index >= 15 is 0 Å². The third kappa shape index (κ3) is 7.90. The van der Waals surface area contributed by atoms with E-state index < -0.39 is 4.92 Å². The molecule has 9 heteroatoms. The van der Waals surface area contributed by atoms with Crippen LogP contribution in [0.1, 0.15) is 24.8 Å². The molecule has 2 amide bonds. The molecule has 0 spiro atoms. The molecule has 8 nitrogen and oxygen atoms in total. The van der Waals surface area contributed by atoms with E-state index in [0.29, 0.717) is 19.4 Å². The van der Waals surface area contributed by atoms with E-state index in [1.54, 1.807) is 12.1 Å². The van der Waals surface area contributed by atoms with Gasteiger partial charge in [-0.3, -0.25) is 19.7 Å². The molecule has 0 aliphatic carbocycles. The summed E-state index contributed by atoms with van der Waals surface area (Å²) in [7, 11) is 0. The number of rotatable bonds is 10. The lowest BCUT2D eigenvalue weighted by Crippen LogP contribution is -2.27. The fourth-order valence-corrected chi connectivity index (χ4v) is 2.89. The second kappa shape index (κ2) is 11.2. The van der Waals surface area contributed by atoms with Crippen molar-refractivity contribution >= 4 is 44.8 Å². The predicted octanol–water partition coefficient (Wildman–Crippen LogP) is 4.00. The number of carbonyl (C=O) groups excluding carboxylic acids is 2. The number of aryl methyl sites for hydroxylation is 1. The number of hydrogen-bond donors (Lipinski definition) is 3. The van der Waals surface area contributed by atoms with E-state index in [0.717, 1.165) is 21.4 Å². The standard InChI is InChI=1S/C20H23BrN4O4/c1-14-4-5-15(21)13-18(14)24-20(27)10-12-23-19(26)3-2-11-22-16-6-8-17(9-7-16)25(28)29/h4-9,13,22H,2-3,10-12H2,1H3,(H,23,26)(H,24,27). The molecule has 0 unspecified atom stereocenters. The molecule has 0 atom stereocenters. The average molecular weight is 463 g/mol. The van der Waals surface area contributed by atoms with Crippen LogP contribution in [0.15, 0.2) is 46.9 Å². The predicted molar refractivity (Wildman–Crippen MR) is 116 cm³/mol. The summed E-state index contributed by atoms with van der Waals surface area (Å²) in [5, 5.41) is 19.3. The number of amides is 2. The van der Waals surface area contributed by atoms with Gasteiger partial charge in [0.2, 0.25) is 11.8 Å². The Morgan fingerprint density at radius 1 is 1.03 bits per heavy atom. The van der Waals surface area contributed by atoms with E-state index in [1.165, 1.54) is 12.1 Å². The molecule has 0 aromatic heterocycles. The minimum atomic E-state index is -0.450. The molecule has 154 valence electrons. The van der Waals surface area contributed by atoms with Crippen molar-refractivity contribution in [1.29, 1.82) is 0 Å². The van der Waals surface area contributed by atoms with E-state index in [4.69, 9.17) is 0 Å². The third-order valence-corrected chi connectivity index (χ3v) is 4.63. The van der Waals surface area contributed by atoms with Crippen LogP contribution in [0.25, 0.3) is 0 Å². The van der Waals surface area contributed by atoms with Gasteiger partial charge in [0.1, 0.15) is 0 Å². The number of nitro groups is 1. The van der Waals surface area contributed by atoms with Crippen molar-refractivity contribution in [1.82, 2.24) is 5.32 Å². The monoisotopic (exact) mass is 462 g/mol. The summed E-state index contributed by atoms with van der Waals surface area (Å²) in [4.78, 5) is 34.0. The maximum absolute atomic E-state index is 12.0. The van der Waals surface area contributed by atoms with Gasteiger partial charge in [0.25, 0.3) is 5.69 Å². The normalized spacial score (nSPS) is 10.3. The molecule has 0 saturated heterocycles. The van der Waals surface area contributed by atoms with Crippen LogP contribution >= 0.6 is 15.9 Å². The highest BCUT2D eigenvalue weighted by Crippen LogP contribution is 2.20. The Kier molecular flexibility index (Phi) is 8.60. The summed E-state index contributed by atoms with van der Waals surface area (Å²) < 4.78 is 0.883. The van der Waals surface area contributed by atoms with Crippen LogP contribution in [0.2, 0.25) is 0 Å². The van der Waals surface area contributed by atoms with Gasteiger partial charge in [-0.25, -0.2) is 0 Å². The van der Waals surface area contributed by atoms with Crippen LogP contribution < -0.4 is 16.0 Å². The number of benzene rings is 2. The van der Waals surface area contributed by atoms with Gasteiger partial charge in [-0.1, -0.05) is 22.0 Å². The quantitative estimate of drug-likeness (QED) is 0.280. The zero-order chi connectivity index (χ0) is 21.2. The highest BCUT2D eigenvalue weighted by Gasteiger charge is 2.07. The lowest BCUT2D eigenvalue weighted by Gasteiger charge is -2.10. The van der Waals surface area contributed by atoms with E-state index in [1.807, 2.05) is 25.1 Å². The van der Waals surface area contributed by atoms with E-state index in [2.05, 4.69) is 31.9 Å². The summed E-state index contributed by atoms with van der Waals surface area (Å²) in [6.07, 6.45) is 1.12. The molecular weight excluding hydrogens is 440 g/mol. The first-order valence-electron chi connectivity index (χ1n) is 9.16. The Morgan fingerprint density at radius 3 is 2.45 bits per heavy atom. The van der Waals surface area contributed by atoms with Gasteiger partial charge < -0.3 is 16.0 Å². The number of anilines is 2. The summed E-state index contributed by atoms with van der Waals surface area (Å²) in [6.45, 7) is 2.75. The average Bonchev–Trinajstić information content (AvgIpc) is 2.68. The van der Waals surface area contributed by atoms with Gasteiger partial charge >= 0.3 is 0 Å². The Morgan fingerprint density at radius 2 is 1.76 bits per heavy atom. The second-order valence-corrected chi connectivity index (χ2v) is 7.36. The van der Waals surface area contributed by atoms with Crippen LogP contribution in [0.4, 0.5) is 17.1 Å². The molecule has 0 aliphatic rings. The topological polar surface area (TPSA) is 113 Å². The smallest absolute Gasteiger partial charge is 0.269 e. The van der Waals surface area contributed by atoms with Gasteiger partial charge in [0, 0.05) is 53.9 Å². The van der Waals surface area contributed by atoms with Gasteiger partial charge in [0.05, 0.1) is 4.92 Å². The van der Waals surface area contributed by atoms with Crippen molar-refractivity contribution in [2.24, 2.45) is 0 Å². The molecule has 2 rings (SSSR count). The van der Waals surface area contributed by atoms with Crippen LogP contribution in [-0.2, 0) is 9.59 Å². The van der Waals surface area contributed by atoms with Crippen molar-refractivity contribution in [2.75, 3.05) is 23.7 Å². The van der Waals surface area contributed by atoms with Gasteiger partial charge in [-0.2, -0.15) is 0 Å². The van der Waals surface area contributed by atoms with Crippen LogP contribution in [0.5, 0.6) is 0 Å². The molecule has 0 heterocycles. The molecule has 2 aromatic rings. The Bertz CT molecular complexity index is 871. The number of nitro benzene ring substituents is 1. The van der Waals surface area contributed by atoms with Gasteiger partial charge in [-0.15, -0.1) is 0 Å². The number of halogens is 1. The highest BCUT2D eigenvalue weighted by atomic mass is 79.9. The van der Waals surface area contributed by atoms with Gasteiger partial charge in [0.15, 0.2) is 0 Å². The number of nitrogens with one attached hydrogen (secondary N) is 3. The maximum Gasteiger partial charge on any atom is 0.269 e. The minimum Gasteiger partial charge on any atom is -0.385 e. The summed E-state index contributed by atoms with van der Waals surface area (Å²) in [5.41, 5.74) is 2.50. The fraction of sp³-hybridized carbons (Fsp3) is 0.300. The number of nitrogens with zero attached hydrogens (tertiary/aromatic N) is 1. The van der Waals surface area contributed by atoms with Gasteiger partial charge in [-0.05, 0) is 43.2 Å². The first-order chi connectivity index (χ1) is 13.8. The molecule has 0 aliphatic heterocycles. The molecule has 0 radical (unpaired) electrons. The van der Waals surface area contributed by atoms with Crippen molar-refractivity contribution < 1.29 is 14.5 Å². The first-order valence-corrected chi connectivity index (χ1v) is 9.95. The number of non-ortho nitro benzene ring substituents is 1. The lowest BCUT2D eigenvalue weighted by atomic mass is 10.2. The van der Waals surface area contributed by atoms with Crippen LogP contribution in [0, 0.1) is 17.0 Å². The Hall–Kier alpha value is -2.94. The van der Waals surface area contributed by atoms with E-state index in [-0.39, 0.29) is 30.5 Å². The van der Waals surface area contributed by atoms with Crippen molar-refractivity contribution in [2.45, 2.75) is 26.2 Å². The zero-order valence-corrected chi connectivity index (χ0v) is 17.6. The largest absolute Gasteiger partial charge is 0.385 e. The van der Waals surface area contributed by atoms with Crippen LogP contribution in [-0.4, -0.2) is 29.8 Å². The molecule has 0 fully saturated rings. The summed E-state index contributed by atoms with van der Waals surface area (Å²) in [6, 6.07) is 11.8. The van der Waals surface area contributed by atoms with Crippen molar-refractivity contribution in [3.05, 3.63) is 62.6 Å². The third-order valence-electron chi connectivity index (χ3n) is 4.14. The zero-order valence-electron chi connectivity index (χ0n) is 16.0. The Labute approximate surface area is 177 Å². The minimum absolute atomic E-state index is 0.0361. The van der Waals surface area contributed by atoms with Crippen molar-refractivity contribution in [3.63, 3.8) is 0 Å². The second-order valence-electron chi connectivity index (χ2n) is 6.44. The maximum atomic E-state index is 12.0. The molecule has 0 saturated carbocycles. The SMILES string of the molecule is Cc1ccc(Br)cc1NC(=O)CCNC(=O)CCCNc1ccc([N+](=O)[O-])cc1. The molecule has 3 N–H and O–H groups in total. The summed E-state index contributed by atoms with van der Waals surface area (Å²) >= 11 is 3.37. The van der Waals surface area contributed by atoms with E-state index in [9.17, 15) is 19.7 Å². The Balaban J connectivity index is 1.60. The lowest BCUT2D eigenvalue weighted by molar-refractivity contribution is -0.384. The number of carbonyl (C=O) groups is 2. The highest BCUT2D eigenvalue weighted by molar-refractivity contribution is 9.10. The molecule has 0 bridgehead atoms. The fourth-order valence-electron chi connectivity index (χ4n) is 2.53. The molecular formula is C20H23BrN4O4.